The van der Waals surface area contributed by atoms with Crippen LogP contribution in [0.5, 0.6) is 5.75 Å². The van der Waals surface area contributed by atoms with Gasteiger partial charge in [0.15, 0.2) is 11.0 Å². The Labute approximate surface area is 219 Å². The Bertz CT molecular complexity index is 1540. The highest BCUT2D eigenvalue weighted by atomic mass is 79.9. The molecule has 7 nitrogen and oxygen atoms in total. The van der Waals surface area contributed by atoms with Gasteiger partial charge in [-0.3, -0.25) is 9.59 Å². The molecule has 2 atom stereocenters. The number of halogens is 2. The number of hydrogen-bond donors (Lipinski definition) is 1. The molecule has 2 heterocycles. The van der Waals surface area contributed by atoms with Crippen LogP contribution in [0.4, 0.5) is 0 Å². The summed E-state index contributed by atoms with van der Waals surface area (Å²) in [4.78, 5) is 39.1. The van der Waals surface area contributed by atoms with Gasteiger partial charge in [0.25, 0.3) is 5.91 Å². The first-order chi connectivity index (χ1) is 17.3. The van der Waals surface area contributed by atoms with E-state index in [-0.39, 0.29) is 35.6 Å². The van der Waals surface area contributed by atoms with E-state index in [1.807, 2.05) is 0 Å². The summed E-state index contributed by atoms with van der Waals surface area (Å²) in [7, 11) is 0. The lowest BCUT2D eigenvalue weighted by Gasteiger charge is -2.21. The fraction of sp³-hybridized carbons (Fsp3) is 0.148. The first-order valence-corrected chi connectivity index (χ1v) is 12.3. The van der Waals surface area contributed by atoms with Crippen molar-refractivity contribution >= 4 is 50.4 Å². The van der Waals surface area contributed by atoms with Crippen molar-refractivity contribution in [1.29, 1.82) is 0 Å². The number of ether oxygens (including phenoxy) is 1. The normalized spacial score (nSPS) is 17.3. The maximum Gasteiger partial charge on any atom is 0.326 e. The van der Waals surface area contributed by atoms with Gasteiger partial charge in [-0.15, -0.1) is 0 Å². The van der Waals surface area contributed by atoms with Crippen LogP contribution in [0.3, 0.4) is 0 Å². The maximum absolute atomic E-state index is 13.0. The minimum Gasteiger partial charge on any atom is -0.488 e. The van der Waals surface area contributed by atoms with Gasteiger partial charge >= 0.3 is 5.97 Å². The standard InChI is InChI=1S/C27H19BrClNO6/c28-16-9-10-19(24-13-22(31)18-7-4-8-20(29)25(18)36-24)23(11-16)35-17-12-21(27(33)34)30(14-17)26(32)15-5-2-1-3-6-15/h1-11,13,17,21H,12,14H2,(H,33,34). The molecular weight excluding hydrogens is 550 g/mol. The summed E-state index contributed by atoms with van der Waals surface area (Å²) in [6.07, 6.45) is -0.490. The summed E-state index contributed by atoms with van der Waals surface area (Å²) in [6, 6.07) is 19.0. The summed E-state index contributed by atoms with van der Waals surface area (Å²) >= 11 is 9.70. The van der Waals surface area contributed by atoms with Crippen molar-refractivity contribution in [2.45, 2.75) is 18.6 Å². The van der Waals surface area contributed by atoms with Gasteiger partial charge in [0.1, 0.15) is 23.7 Å². The van der Waals surface area contributed by atoms with E-state index in [0.29, 0.717) is 31.8 Å². The van der Waals surface area contributed by atoms with Gasteiger partial charge in [0.2, 0.25) is 0 Å². The molecule has 2 unspecified atom stereocenters. The quantitative estimate of drug-likeness (QED) is 0.336. The average Bonchev–Trinajstić information content (AvgIpc) is 3.29. The van der Waals surface area contributed by atoms with Gasteiger partial charge in [0, 0.05) is 22.5 Å². The summed E-state index contributed by atoms with van der Waals surface area (Å²) < 4.78 is 12.9. The average molecular weight is 569 g/mol. The lowest BCUT2D eigenvalue weighted by Crippen LogP contribution is -2.40. The molecule has 1 saturated heterocycles. The number of hydrogen-bond acceptors (Lipinski definition) is 5. The van der Waals surface area contributed by atoms with Crippen LogP contribution in [-0.4, -0.2) is 40.6 Å². The zero-order chi connectivity index (χ0) is 25.4. The molecular formula is C27H19BrClNO6. The van der Waals surface area contributed by atoms with Crippen molar-refractivity contribution in [2.75, 3.05) is 6.54 Å². The number of fused-ring (bicyclic) bond motifs is 1. The Morgan fingerprint density at radius 1 is 1.06 bits per heavy atom. The molecule has 36 heavy (non-hydrogen) atoms. The molecule has 1 aliphatic rings. The van der Waals surface area contributed by atoms with E-state index < -0.39 is 18.1 Å². The van der Waals surface area contributed by atoms with Gasteiger partial charge in [-0.05, 0) is 42.5 Å². The van der Waals surface area contributed by atoms with E-state index in [2.05, 4.69) is 15.9 Å². The molecule has 4 aromatic rings. The number of nitrogens with zero attached hydrogens (tertiary/aromatic N) is 1. The fourth-order valence-electron chi connectivity index (χ4n) is 4.34. The molecule has 0 saturated carbocycles. The zero-order valence-electron chi connectivity index (χ0n) is 18.7. The molecule has 0 aliphatic carbocycles. The van der Waals surface area contributed by atoms with Crippen LogP contribution in [0, 0.1) is 0 Å². The summed E-state index contributed by atoms with van der Waals surface area (Å²) in [6.45, 7) is 0.0874. The number of amides is 1. The number of carbonyl (C=O) groups excluding carboxylic acids is 1. The van der Waals surface area contributed by atoms with Gasteiger partial charge in [-0.1, -0.05) is 51.8 Å². The fourth-order valence-corrected chi connectivity index (χ4v) is 4.89. The monoisotopic (exact) mass is 567 g/mol. The molecule has 0 bridgehead atoms. The SMILES string of the molecule is O=C(O)C1CC(Oc2cc(Br)ccc2-c2cc(=O)c3cccc(Cl)c3o2)CN1C(=O)c1ccccc1. The van der Waals surface area contributed by atoms with E-state index in [0.717, 1.165) is 0 Å². The molecule has 9 heteroatoms. The Morgan fingerprint density at radius 3 is 2.58 bits per heavy atom. The van der Waals surface area contributed by atoms with E-state index in [1.165, 1.54) is 11.0 Å². The second kappa shape index (κ2) is 9.79. The van der Waals surface area contributed by atoms with Gasteiger partial charge < -0.3 is 19.2 Å². The van der Waals surface area contributed by atoms with E-state index in [4.69, 9.17) is 20.8 Å². The van der Waals surface area contributed by atoms with Crippen molar-refractivity contribution in [3.63, 3.8) is 0 Å². The van der Waals surface area contributed by atoms with E-state index >= 15 is 0 Å². The number of carbonyl (C=O) groups is 2. The van der Waals surface area contributed by atoms with Gasteiger partial charge in [-0.2, -0.15) is 0 Å². The minimum atomic E-state index is -1.10. The van der Waals surface area contributed by atoms with Crippen LogP contribution in [0.25, 0.3) is 22.3 Å². The number of para-hydroxylation sites is 1. The molecule has 1 amide bonds. The first kappa shape index (κ1) is 24.1. The minimum absolute atomic E-state index is 0.0874. The van der Waals surface area contributed by atoms with Crippen molar-refractivity contribution in [3.05, 3.63) is 98.1 Å². The van der Waals surface area contributed by atoms with Crippen molar-refractivity contribution < 1.29 is 23.8 Å². The molecule has 5 rings (SSSR count). The molecule has 1 aromatic heterocycles. The second-order valence-electron chi connectivity index (χ2n) is 8.39. The molecule has 0 radical (unpaired) electrons. The highest BCUT2D eigenvalue weighted by Gasteiger charge is 2.41. The lowest BCUT2D eigenvalue weighted by atomic mass is 10.1. The number of likely N-dealkylation sites (tertiary alicyclic amines) is 1. The Hall–Kier alpha value is -3.62. The van der Waals surface area contributed by atoms with Crippen LogP contribution in [0.2, 0.25) is 5.02 Å². The number of carboxylic acids is 1. The van der Waals surface area contributed by atoms with Crippen LogP contribution in [-0.2, 0) is 4.79 Å². The number of rotatable bonds is 5. The zero-order valence-corrected chi connectivity index (χ0v) is 21.0. The van der Waals surface area contributed by atoms with Crippen LogP contribution in [0.15, 0.2) is 86.5 Å². The molecule has 1 N–H and O–H groups in total. The van der Waals surface area contributed by atoms with Crippen LogP contribution in [0.1, 0.15) is 16.8 Å². The highest BCUT2D eigenvalue weighted by molar-refractivity contribution is 9.10. The molecule has 0 spiro atoms. The number of aliphatic carboxylic acids is 1. The molecule has 1 aliphatic heterocycles. The predicted molar refractivity (Wildman–Crippen MR) is 139 cm³/mol. The van der Waals surface area contributed by atoms with Crippen LogP contribution >= 0.6 is 27.5 Å². The highest BCUT2D eigenvalue weighted by Crippen LogP contribution is 2.36. The largest absolute Gasteiger partial charge is 0.488 e. The third-order valence-electron chi connectivity index (χ3n) is 6.04. The van der Waals surface area contributed by atoms with Crippen molar-refractivity contribution in [3.8, 4) is 17.1 Å². The van der Waals surface area contributed by atoms with Crippen molar-refractivity contribution in [1.82, 2.24) is 4.90 Å². The Balaban J connectivity index is 1.49. The third kappa shape index (κ3) is 4.62. The first-order valence-electron chi connectivity index (χ1n) is 11.1. The second-order valence-corrected chi connectivity index (χ2v) is 9.71. The molecule has 1 fully saturated rings. The Kier molecular flexibility index (Phi) is 6.55. The van der Waals surface area contributed by atoms with Crippen molar-refractivity contribution in [2.24, 2.45) is 0 Å². The predicted octanol–water partition coefficient (Wildman–Crippen LogP) is 5.62. The summed E-state index contributed by atoms with van der Waals surface area (Å²) in [5.41, 5.74) is 0.912. The van der Waals surface area contributed by atoms with E-state index in [9.17, 15) is 19.5 Å². The van der Waals surface area contributed by atoms with Gasteiger partial charge in [0.05, 0.1) is 22.5 Å². The summed E-state index contributed by atoms with van der Waals surface area (Å²) in [5.74, 6) is -0.844. The topological polar surface area (TPSA) is 97.1 Å². The van der Waals surface area contributed by atoms with Crippen LogP contribution < -0.4 is 10.2 Å². The maximum atomic E-state index is 13.0. The molecule has 182 valence electrons. The Morgan fingerprint density at radius 2 is 1.83 bits per heavy atom. The lowest BCUT2D eigenvalue weighted by molar-refractivity contribution is -0.141. The number of carboxylic acid groups (broad SMARTS) is 1. The third-order valence-corrected chi connectivity index (χ3v) is 6.83. The number of benzene rings is 3. The molecule has 3 aromatic carbocycles. The van der Waals surface area contributed by atoms with E-state index in [1.54, 1.807) is 66.7 Å². The van der Waals surface area contributed by atoms with Gasteiger partial charge in [-0.25, -0.2) is 4.79 Å². The summed E-state index contributed by atoms with van der Waals surface area (Å²) in [5, 5.41) is 10.4. The smallest absolute Gasteiger partial charge is 0.326 e.